The van der Waals surface area contributed by atoms with Crippen LogP contribution in [0.15, 0.2) is 41.5 Å². The second-order valence-electron chi connectivity index (χ2n) is 7.18. The molecule has 6 heteroatoms. The molecule has 0 aliphatic heterocycles. The molecule has 2 aliphatic rings. The average Bonchev–Trinajstić information content (AvgIpc) is 2.77. The molecule has 28 heavy (non-hydrogen) atoms. The summed E-state index contributed by atoms with van der Waals surface area (Å²) in [7, 11) is 0. The first-order valence-electron chi connectivity index (χ1n) is 8.78. The summed E-state index contributed by atoms with van der Waals surface area (Å²) in [5, 5.41) is 59.9. The zero-order valence-corrected chi connectivity index (χ0v) is 15.0. The molecule has 2 aliphatic carbocycles. The van der Waals surface area contributed by atoms with Gasteiger partial charge in [0.25, 0.3) is 0 Å². The molecule has 0 bridgehead atoms. The van der Waals surface area contributed by atoms with Crippen molar-refractivity contribution in [2.45, 2.75) is 31.6 Å². The molecule has 1 aromatic rings. The minimum Gasteiger partial charge on any atom is -0.196 e. The predicted molar refractivity (Wildman–Crippen MR) is 95.7 cm³/mol. The van der Waals surface area contributed by atoms with Crippen LogP contribution in [0.1, 0.15) is 37.2 Å². The SMILES string of the molecule is N#CC1(C#N)CCCC2=C1C(c1ccccc1)C(C#N)(C#N)C(C#N)(C#N)C2. The lowest BCUT2D eigenvalue weighted by Gasteiger charge is -2.48. The highest BCUT2D eigenvalue weighted by Crippen LogP contribution is 2.64. The first kappa shape index (κ1) is 18.7. The van der Waals surface area contributed by atoms with Crippen molar-refractivity contribution in [3.05, 3.63) is 47.0 Å². The molecule has 0 heterocycles. The summed E-state index contributed by atoms with van der Waals surface area (Å²) in [6.45, 7) is 0. The van der Waals surface area contributed by atoms with Gasteiger partial charge in [-0.2, -0.15) is 31.6 Å². The number of rotatable bonds is 1. The van der Waals surface area contributed by atoms with Crippen molar-refractivity contribution in [1.29, 1.82) is 31.6 Å². The van der Waals surface area contributed by atoms with E-state index in [4.69, 9.17) is 0 Å². The molecule has 1 aromatic carbocycles. The summed E-state index contributed by atoms with van der Waals surface area (Å²) in [6, 6.07) is 20.7. The largest absolute Gasteiger partial charge is 0.196 e. The van der Waals surface area contributed by atoms with Crippen LogP contribution in [-0.4, -0.2) is 0 Å². The Kier molecular flexibility index (Phi) is 4.38. The van der Waals surface area contributed by atoms with Crippen molar-refractivity contribution in [3.63, 3.8) is 0 Å². The molecule has 0 aromatic heterocycles. The third-order valence-corrected chi connectivity index (χ3v) is 5.99. The first-order chi connectivity index (χ1) is 13.5. The van der Waals surface area contributed by atoms with E-state index in [1.165, 1.54) is 0 Å². The van der Waals surface area contributed by atoms with Gasteiger partial charge in [-0.05, 0) is 30.4 Å². The minimum atomic E-state index is -2.03. The summed E-state index contributed by atoms with van der Waals surface area (Å²) in [4.78, 5) is 0. The van der Waals surface area contributed by atoms with Gasteiger partial charge in [-0.25, -0.2) is 0 Å². The Labute approximate surface area is 163 Å². The zero-order chi connectivity index (χ0) is 20.4. The van der Waals surface area contributed by atoms with Gasteiger partial charge < -0.3 is 0 Å². The van der Waals surface area contributed by atoms with Gasteiger partial charge in [0.2, 0.25) is 0 Å². The van der Waals surface area contributed by atoms with E-state index in [1.54, 1.807) is 30.3 Å². The van der Waals surface area contributed by atoms with Crippen molar-refractivity contribution in [2.75, 3.05) is 0 Å². The molecule has 0 N–H and O–H groups in total. The Morgan fingerprint density at radius 3 is 1.89 bits per heavy atom. The van der Waals surface area contributed by atoms with Crippen molar-refractivity contribution in [2.24, 2.45) is 16.2 Å². The first-order valence-corrected chi connectivity index (χ1v) is 8.78. The van der Waals surface area contributed by atoms with Gasteiger partial charge in [0.1, 0.15) is 0 Å². The normalized spacial score (nSPS) is 23.3. The smallest absolute Gasteiger partial charge is 0.186 e. The molecular weight excluding hydrogens is 348 g/mol. The molecule has 0 saturated carbocycles. The maximum atomic E-state index is 10.1. The van der Waals surface area contributed by atoms with Gasteiger partial charge in [-0.3, -0.25) is 0 Å². The quantitative estimate of drug-likeness (QED) is 0.696. The van der Waals surface area contributed by atoms with Crippen LogP contribution in [0.5, 0.6) is 0 Å². The summed E-state index contributed by atoms with van der Waals surface area (Å²) in [5.74, 6) is -1.01. The van der Waals surface area contributed by atoms with Gasteiger partial charge in [0.15, 0.2) is 16.2 Å². The van der Waals surface area contributed by atoms with E-state index in [9.17, 15) is 31.6 Å². The van der Waals surface area contributed by atoms with Gasteiger partial charge in [0.05, 0.1) is 36.4 Å². The van der Waals surface area contributed by atoms with Crippen LogP contribution in [0, 0.1) is 84.2 Å². The van der Waals surface area contributed by atoms with E-state index in [0.717, 1.165) is 0 Å². The highest BCUT2D eigenvalue weighted by molar-refractivity contribution is 5.57. The molecule has 132 valence electrons. The Bertz CT molecular complexity index is 1060. The van der Waals surface area contributed by atoms with Crippen molar-refractivity contribution in [1.82, 2.24) is 0 Å². The van der Waals surface area contributed by atoms with E-state index >= 15 is 0 Å². The number of allylic oxidation sites excluding steroid dienone is 2. The maximum absolute atomic E-state index is 10.1. The number of nitriles is 6. The molecule has 0 saturated heterocycles. The van der Waals surface area contributed by atoms with Crippen molar-refractivity contribution in [3.8, 4) is 36.4 Å². The molecular formula is C22H14N6. The third-order valence-electron chi connectivity index (χ3n) is 5.99. The minimum absolute atomic E-state index is 0.106. The monoisotopic (exact) mass is 362 g/mol. The number of nitrogens with zero attached hydrogens (tertiary/aromatic N) is 6. The van der Waals surface area contributed by atoms with Crippen LogP contribution < -0.4 is 0 Å². The number of benzene rings is 1. The van der Waals surface area contributed by atoms with Gasteiger partial charge in [-0.15, -0.1) is 0 Å². The summed E-state index contributed by atoms with van der Waals surface area (Å²) in [6.07, 6.45) is 1.29. The zero-order valence-electron chi connectivity index (χ0n) is 15.0. The van der Waals surface area contributed by atoms with Gasteiger partial charge in [0, 0.05) is 12.3 Å². The Hall–Kier alpha value is -4.10. The van der Waals surface area contributed by atoms with E-state index in [1.807, 2.05) is 24.3 Å². The fourth-order valence-corrected chi connectivity index (χ4v) is 4.64. The predicted octanol–water partition coefficient (Wildman–Crippen LogP) is 3.76. The Morgan fingerprint density at radius 2 is 1.39 bits per heavy atom. The van der Waals surface area contributed by atoms with Crippen LogP contribution in [0.25, 0.3) is 0 Å². The molecule has 6 nitrogen and oxygen atoms in total. The van der Waals surface area contributed by atoms with Crippen LogP contribution >= 0.6 is 0 Å². The lowest BCUT2D eigenvalue weighted by atomic mass is 9.46. The van der Waals surface area contributed by atoms with Crippen molar-refractivity contribution < 1.29 is 0 Å². The summed E-state index contributed by atoms with van der Waals surface area (Å²) < 4.78 is 0. The van der Waals surface area contributed by atoms with Gasteiger partial charge >= 0.3 is 0 Å². The molecule has 0 spiro atoms. The molecule has 0 fully saturated rings. The second-order valence-corrected chi connectivity index (χ2v) is 7.18. The Morgan fingerprint density at radius 1 is 0.786 bits per heavy atom. The summed E-state index contributed by atoms with van der Waals surface area (Å²) >= 11 is 0. The fraction of sp³-hybridized carbons (Fsp3) is 0.364. The highest BCUT2D eigenvalue weighted by atomic mass is 14.7. The maximum Gasteiger partial charge on any atom is 0.186 e. The van der Waals surface area contributed by atoms with Crippen LogP contribution in [0.3, 0.4) is 0 Å². The van der Waals surface area contributed by atoms with Crippen LogP contribution in [-0.2, 0) is 0 Å². The van der Waals surface area contributed by atoms with Crippen molar-refractivity contribution >= 4 is 0 Å². The van der Waals surface area contributed by atoms with Crippen LogP contribution in [0.4, 0.5) is 0 Å². The fourth-order valence-electron chi connectivity index (χ4n) is 4.64. The molecule has 1 atom stereocenters. The molecule has 0 radical (unpaired) electrons. The topological polar surface area (TPSA) is 143 Å². The second kappa shape index (κ2) is 6.57. The van der Waals surface area contributed by atoms with E-state index in [2.05, 4.69) is 12.1 Å². The van der Waals surface area contributed by atoms with E-state index in [0.29, 0.717) is 36.0 Å². The Balaban J connectivity index is 2.50. The number of hydrogen-bond donors (Lipinski definition) is 0. The van der Waals surface area contributed by atoms with Crippen LogP contribution in [0.2, 0.25) is 0 Å². The lowest BCUT2D eigenvalue weighted by Crippen LogP contribution is -2.50. The number of hydrogen-bond acceptors (Lipinski definition) is 6. The standard InChI is InChI=1S/C22H14N6/c23-10-20(11-24)8-4-7-17-9-21(12-25,13-26)22(14-27,15-28)19(18(17)20)16-5-2-1-3-6-16/h1-3,5-6,19H,4,7-9H2. The third kappa shape index (κ3) is 2.14. The van der Waals surface area contributed by atoms with Gasteiger partial charge in [-0.1, -0.05) is 35.9 Å². The van der Waals surface area contributed by atoms with E-state index in [-0.39, 0.29) is 6.42 Å². The highest BCUT2D eigenvalue weighted by Gasteiger charge is 2.66. The molecule has 0 amide bonds. The molecule has 1 unspecified atom stereocenters. The summed E-state index contributed by atoms with van der Waals surface area (Å²) in [5.41, 5.74) is -3.75. The lowest BCUT2D eigenvalue weighted by molar-refractivity contribution is 0.211. The van der Waals surface area contributed by atoms with E-state index < -0.39 is 22.2 Å². The molecule has 3 rings (SSSR count). The average molecular weight is 362 g/mol.